The van der Waals surface area contributed by atoms with E-state index in [1.807, 2.05) is 6.92 Å². The highest BCUT2D eigenvalue weighted by molar-refractivity contribution is 7.89. The smallest absolute Gasteiger partial charge is 0.266 e. The lowest BCUT2D eigenvalue weighted by Crippen LogP contribution is -2.45. The summed E-state index contributed by atoms with van der Waals surface area (Å²) in [4.78, 5) is 18.2. The van der Waals surface area contributed by atoms with Gasteiger partial charge in [-0.05, 0) is 62.1 Å². The number of rotatable bonds is 4. The zero-order valence-electron chi connectivity index (χ0n) is 14.2. The number of nitrogens with zero attached hydrogens (tertiary/aromatic N) is 1. The monoisotopic (exact) mass is 361 g/mol. The lowest BCUT2D eigenvalue weighted by molar-refractivity contribution is 0.0810. The zero-order chi connectivity index (χ0) is 17.6. The Balaban J connectivity index is 1.57. The first-order valence-electron chi connectivity index (χ1n) is 8.94. The molecule has 0 aliphatic heterocycles. The molecule has 1 aromatic heterocycles. The second-order valence-electron chi connectivity index (χ2n) is 7.52. The van der Waals surface area contributed by atoms with Crippen LogP contribution in [-0.4, -0.2) is 24.4 Å². The number of nitrogens with one attached hydrogen (secondary N) is 2. The highest BCUT2D eigenvalue weighted by Gasteiger charge is 2.39. The molecule has 6 nitrogen and oxygen atoms in total. The van der Waals surface area contributed by atoms with Crippen LogP contribution in [0.25, 0.3) is 11.0 Å². The van der Waals surface area contributed by atoms with Crippen molar-refractivity contribution >= 4 is 21.1 Å². The normalized spacial score (nSPS) is 27.5. The van der Waals surface area contributed by atoms with Gasteiger partial charge in [0.05, 0.1) is 22.1 Å². The van der Waals surface area contributed by atoms with E-state index < -0.39 is 10.0 Å². The number of benzene rings is 1. The zero-order valence-corrected chi connectivity index (χ0v) is 15.1. The number of sulfonamides is 1. The van der Waals surface area contributed by atoms with Crippen molar-refractivity contribution in [2.24, 2.45) is 17.8 Å². The molecule has 3 aliphatic rings. The molecule has 0 spiro atoms. The van der Waals surface area contributed by atoms with Crippen LogP contribution in [-0.2, 0) is 10.0 Å². The fourth-order valence-corrected chi connectivity index (χ4v) is 5.94. The summed E-state index contributed by atoms with van der Waals surface area (Å²) in [5.74, 6) is 1.84. The van der Waals surface area contributed by atoms with Gasteiger partial charge < -0.3 is 4.98 Å². The molecular weight excluding hydrogens is 338 g/mol. The average Bonchev–Trinajstić information content (AvgIpc) is 2.61. The van der Waals surface area contributed by atoms with Crippen LogP contribution >= 0.6 is 0 Å². The van der Waals surface area contributed by atoms with Gasteiger partial charge in [-0.15, -0.1) is 0 Å². The molecule has 2 unspecified atom stereocenters. The molecule has 25 heavy (non-hydrogen) atoms. The molecular formula is C18H23N3O3S. The Morgan fingerprint density at radius 3 is 2.68 bits per heavy atom. The van der Waals surface area contributed by atoms with E-state index in [1.165, 1.54) is 37.8 Å². The van der Waals surface area contributed by atoms with E-state index in [-0.39, 0.29) is 16.5 Å². The summed E-state index contributed by atoms with van der Waals surface area (Å²) >= 11 is 0. The molecule has 134 valence electrons. The molecule has 3 fully saturated rings. The van der Waals surface area contributed by atoms with E-state index in [4.69, 9.17) is 0 Å². The van der Waals surface area contributed by atoms with Gasteiger partial charge in [-0.2, -0.15) is 0 Å². The second-order valence-corrected chi connectivity index (χ2v) is 9.23. The standard InChI is InChI=1S/C18H23N3O3S/c1-11(15-8-12-2-4-13(15)5-3-12)21-25(23,24)14-6-7-16-17(9-14)19-10-18(22)20-16/h6-7,9-13,15,21H,2-5,8H2,1H3,(H,20,22). The predicted octanol–water partition coefficient (Wildman–Crippen LogP) is 2.42. The average molecular weight is 361 g/mol. The Kier molecular flexibility index (Phi) is 4.16. The second kappa shape index (κ2) is 6.21. The van der Waals surface area contributed by atoms with Crippen LogP contribution in [0.3, 0.4) is 0 Å². The van der Waals surface area contributed by atoms with Gasteiger partial charge in [-0.1, -0.05) is 12.8 Å². The minimum atomic E-state index is -3.61. The van der Waals surface area contributed by atoms with Crippen molar-refractivity contribution in [2.45, 2.75) is 50.0 Å². The molecule has 2 N–H and O–H groups in total. The van der Waals surface area contributed by atoms with Crippen molar-refractivity contribution in [1.82, 2.24) is 14.7 Å². The summed E-state index contributed by atoms with van der Waals surface area (Å²) in [5, 5.41) is 0. The van der Waals surface area contributed by atoms with Crippen molar-refractivity contribution < 1.29 is 8.42 Å². The third-order valence-corrected chi connectivity index (χ3v) is 7.50. The van der Waals surface area contributed by atoms with E-state index in [0.717, 1.165) is 18.5 Å². The van der Waals surface area contributed by atoms with Gasteiger partial charge in [0.15, 0.2) is 0 Å². The van der Waals surface area contributed by atoms with Gasteiger partial charge in [-0.25, -0.2) is 18.1 Å². The Morgan fingerprint density at radius 1 is 1.24 bits per heavy atom. The molecule has 0 amide bonds. The number of hydrogen-bond donors (Lipinski definition) is 2. The first-order valence-corrected chi connectivity index (χ1v) is 10.4. The predicted molar refractivity (Wildman–Crippen MR) is 95.7 cm³/mol. The molecule has 1 aromatic carbocycles. The highest BCUT2D eigenvalue weighted by atomic mass is 32.2. The maximum absolute atomic E-state index is 12.8. The van der Waals surface area contributed by atoms with Gasteiger partial charge >= 0.3 is 0 Å². The SMILES string of the molecule is CC(NS(=O)(=O)c1ccc2[nH]c(=O)cnc2c1)C1CC2CCC1CC2. The first kappa shape index (κ1) is 16.7. The van der Waals surface area contributed by atoms with Gasteiger partial charge in [-0.3, -0.25) is 4.79 Å². The van der Waals surface area contributed by atoms with Gasteiger partial charge in [0.25, 0.3) is 5.56 Å². The van der Waals surface area contributed by atoms with E-state index in [0.29, 0.717) is 22.9 Å². The minimum absolute atomic E-state index is 0.0719. The summed E-state index contributed by atoms with van der Waals surface area (Å²) in [6.45, 7) is 1.99. The molecule has 2 atom stereocenters. The lowest BCUT2D eigenvalue weighted by atomic mass is 9.63. The van der Waals surface area contributed by atoms with Crippen LogP contribution in [0.2, 0.25) is 0 Å². The summed E-state index contributed by atoms with van der Waals surface area (Å²) in [7, 11) is -3.61. The summed E-state index contributed by atoms with van der Waals surface area (Å²) in [5.41, 5.74) is 0.693. The van der Waals surface area contributed by atoms with Gasteiger partial charge in [0, 0.05) is 6.04 Å². The number of H-pyrrole nitrogens is 1. The van der Waals surface area contributed by atoms with E-state index in [1.54, 1.807) is 6.07 Å². The first-order chi connectivity index (χ1) is 11.9. The summed E-state index contributed by atoms with van der Waals surface area (Å²) in [6, 6.07) is 4.54. The minimum Gasteiger partial charge on any atom is -0.319 e. The number of aromatic amines is 1. The fourth-order valence-electron chi connectivity index (χ4n) is 4.63. The molecule has 3 aliphatic carbocycles. The molecule has 2 aromatic rings. The fraction of sp³-hybridized carbons (Fsp3) is 0.556. The summed E-state index contributed by atoms with van der Waals surface area (Å²) < 4.78 is 28.5. The van der Waals surface area contributed by atoms with Crippen LogP contribution in [0, 0.1) is 17.8 Å². The van der Waals surface area contributed by atoms with Crippen LogP contribution < -0.4 is 10.3 Å². The van der Waals surface area contributed by atoms with E-state index >= 15 is 0 Å². The Hall–Kier alpha value is -1.73. The van der Waals surface area contributed by atoms with Crippen LogP contribution in [0.15, 0.2) is 34.1 Å². The Morgan fingerprint density at radius 2 is 2.00 bits per heavy atom. The molecule has 0 saturated heterocycles. The van der Waals surface area contributed by atoms with Crippen LogP contribution in [0.1, 0.15) is 39.0 Å². The molecule has 3 saturated carbocycles. The lowest BCUT2D eigenvalue weighted by Gasteiger charge is -2.45. The van der Waals surface area contributed by atoms with E-state index in [2.05, 4.69) is 14.7 Å². The van der Waals surface area contributed by atoms with Crippen molar-refractivity contribution in [2.75, 3.05) is 0 Å². The molecule has 1 heterocycles. The van der Waals surface area contributed by atoms with E-state index in [9.17, 15) is 13.2 Å². The van der Waals surface area contributed by atoms with Crippen molar-refractivity contribution in [1.29, 1.82) is 0 Å². The third kappa shape index (κ3) is 3.22. The third-order valence-electron chi connectivity index (χ3n) is 5.94. The Bertz CT molecular complexity index is 945. The van der Waals surface area contributed by atoms with Gasteiger partial charge in [0.1, 0.15) is 0 Å². The highest BCUT2D eigenvalue weighted by Crippen LogP contribution is 2.46. The molecule has 7 heteroatoms. The molecule has 5 rings (SSSR count). The van der Waals surface area contributed by atoms with Crippen molar-refractivity contribution in [3.63, 3.8) is 0 Å². The van der Waals surface area contributed by atoms with Crippen molar-refractivity contribution in [3.8, 4) is 0 Å². The van der Waals surface area contributed by atoms with Gasteiger partial charge in [0.2, 0.25) is 10.0 Å². The van der Waals surface area contributed by atoms with Crippen LogP contribution in [0.4, 0.5) is 0 Å². The largest absolute Gasteiger partial charge is 0.319 e. The molecule has 2 bridgehead atoms. The van der Waals surface area contributed by atoms with Crippen molar-refractivity contribution in [3.05, 3.63) is 34.7 Å². The summed E-state index contributed by atoms with van der Waals surface area (Å²) in [6.07, 6.45) is 7.36. The maximum Gasteiger partial charge on any atom is 0.266 e. The quantitative estimate of drug-likeness (QED) is 0.875. The molecule has 0 radical (unpaired) electrons. The number of fused-ring (bicyclic) bond motifs is 4. The topological polar surface area (TPSA) is 91.9 Å². The number of aromatic nitrogens is 2. The Labute approximate surface area is 147 Å². The maximum atomic E-state index is 12.8. The number of hydrogen-bond acceptors (Lipinski definition) is 4. The van der Waals surface area contributed by atoms with Crippen LogP contribution in [0.5, 0.6) is 0 Å².